The number of hydrogen-bond donors (Lipinski definition) is 1. The summed E-state index contributed by atoms with van der Waals surface area (Å²) < 4.78 is 25.4. The Bertz CT molecular complexity index is 636. The predicted molar refractivity (Wildman–Crippen MR) is 90.9 cm³/mol. The molecule has 4 nitrogen and oxygen atoms in total. The Kier molecular flexibility index (Phi) is 4.46. The first kappa shape index (κ1) is 15.8. The molecule has 1 fully saturated rings. The highest BCUT2D eigenvalue weighted by Gasteiger charge is 2.32. The molecule has 1 N–H and O–H groups in total. The van der Waals surface area contributed by atoms with E-state index in [1.54, 1.807) is 4.31 Å². The molecule has 5 heteroatoms. The third-order valence-electron chi connectivity index (χ3n) is 4.86. The Morgan fingerprint density at radius 3 is 2.68 bits per heavy atom. The van der Waals surface area contributed by atoms with Gasteiger partial charge in [-0.3, -0.25) is 4.31 Å². The minimum atomic E-state index is -3.19. The van der Waals surface area contributed by atoms with Crippen molar-refractivity contribution in [3.63, 3.8) is 0 Å². The van der Waals surface area contributed by atoms with E-state index in [1.807, 2.05) is 13.0 Å². The fraction of sp³-hybridized carbons (Fsp3) is 0.647. The van der Waals surface area contributed by atoms with E-state index in [-0.39, 0.29) is 6.04 Å². The fourth-order valence-electron chi connectivity index (χ4n) is 3.87. The number of rotatable bonds is 5. The van der Waals surface area contributed by atoms with Crippen molar-refractivity contribution in [2.24, 2.45) is 0 Å². The van der Waals surface area contributed by atoms with Crippen LogP contribution in [0.25, 0.3) is 0 Å². The Hall–Kier alpha value is -1.07. The Balaban J connectivity index is 1.66. The van der Waals surface area contributed by atoms with Crippen LogP contribution in [0.2, 0.25) is 0 Å². The zero-order valence-electron chi connectivity index (χ0n) is 13.5. The molecule has 0 radical (unpaired) electrons. The zero-order chi connectivity index (χ0) is 15.7. The van der Waals surface area contributed by atoms with Gasteiger partial charge in [-0.05, 0) is 56.3 Å². The molecule has 1 aliphatic heterocycles. The number of nitrogens with one attached hydrogen (secondary N) is 1. The van der Waals surface area contributed by atoms with Crippen molar-refractivity contribution in [3.8, 4) is 0 Å². The van der Waals surface area contributed by atoms with Gasteiger partial charge in [0.05, 0.1) is 11.9 Å². The first-order valence-corrected chi connectivity index (χ1v) is 10.1. The minimum absolute atomic E-state index is 0.0249. The molecular weight excluding hydrogens is 296 g/mol. The molecule has 1 heterocycles. The Morgan fingerprint density at radius 2 is 2.00 bits per heavy atom. The van der Waals surface area contributed by atoms with Gasteiger partial charge in [-0.1, -0.05) is 25.0 Å². The largest absolute Gasteiger partial charge is 0.314 e. The van der Waals surface area contributed by atoms with Gasteiger partial charge in [0.25, 0.3) is 0 Å². The van der Waals surface area contributed by atoms with Crippen molar-refractivity contribution in [3.05, 3.63) is 29.3 Å². The van der Waals surface area contributed by atoms with E-state index in [2.05, 4.69) is 17.4 Å². The number of sulfonamides is 1. The molecule has 22 heavy (non-hydrogen) atoms. The Morgan fingerprint density at radius 1 is 1.27 bits per heavy atom. The third-order valence-corrected chi connectivity index (χ3v) is 6.13. The average molecular weight is 322 g/mol. The monoisotopic (exact) mass is 322 g/mol. The molecule has 1 aliphatic carbocycles. The normalized spacial score (nSPS) is 22.3. The number of nitrogens with zero attached hydrogens (tertiary/aromatic N) is 1. The summed E-state index contributed by atoms with van der Waals surface area (Å²) in [7, 11) is -3.19. The van der Waals surface area contributed by atoms with Gasteiger partial charge < -0.3 is 5.32 Å². The summed E-state index contributed by atoms with van der Waals surface area (Å²) in [4.78, 5) is 0. The molecule has 0 bridgehead atoms. The van der Waals surface area contributed by atoms with Crippen molar-refractivity contribution < 1.29 is 8.42 Å². The molecule has 1 saturated carbocycles. The van der Waals surface area contributed by atoms with E-state index >= 15 is 0 Å². The van der Waals surface area contributed by atoms with Crippen LogP contribution in [0, 0.1) is 0 Å². The molecule has 122 valence electrons. The maximum Gasteiger partial charge on any atom is 0.232 e. The summed E-state index contributed by atoms with van der Waals surface area (Å²) in [6.45, 7) is 2.98. The number of benzene rings is 1. The predicted octanol–water partition coefficient (Wildman–Crippen LogP) is 2.47. The lowest BCUT2D eigenvalue weighted by Crippen LogP contribution is -2.34. The standard InChI is InChI=1S/C17H26N2O2S/c1-13-11-15-12-14(9-10-18-16-5-3-4-6-16)7-8-17(15)19(13)22(2,20)21/h7-8,12-13,16,18H,3-6,9-11H2,1-2H3. The maximum atomic E-state index is 11.9. The van der Waals surface area contributed by atoms with Crippen LogP contribution in [0.15, 0.2) is 18.2 Å². The molecule has 1 unspecified atom stereocenters. The molecule has 0 amide bonds. The summed E-state index contributed by atoms with van der Waals surface area (Å²) >= 11 is 0. The molecule has 0 saturated heterocycles. The van der Waals surface area contributed by atoms with E-state index in [0.717, 1.165) is 30.6 Å². The van der Waals surface area contributed by atoms with Gasteiger partial charge >= 0.3 is 0 Å². The summed E-state index contributed by atoms with van der Waals surface area (Å²) in [6, 6.07) is 6.97. The first-order valence-electron chi connectivity index (χ1n) is 8.30. The summed E-state index contributed by atoms with van der Waals surface area (Å²) in [5, 5.41) is 3.63. The van der Waals surface area contributed by atoms with Crippen molar-refractivity contribution in [1.29, 1.82) is 0 Å². The zero-order valence-corrected chi connectivity index (χ0v) is 14.3. The fourth-order valence-corrected chi connectivity index (χ4v) is 5.13. The van der Waals surface area contributed by atoms with Crippen LogP contribution in [0.4, 0.5) is 5.69 Å². The van der Waals surface area contributed by atoms with Crippen LogP contribution in [0.1, 0.15) is 43.7 Å². The summed E-state index contributed by atoms with van der Waals surface area (Å²) in [5.74, 6) is 0. The highest BCUT2D eigenvalue weighted by atomic mass is 32.2. The maximum absolute atomic E-state index is 11.9. The lowest BCUT2D eigenvalue weighted by atomic mass is 10.0. The second kappa shape index (κ2) is 6.20. The lowest BCUT2D eigenvalue weighted by molar-refractivity contribution is 0.528. The van der Waals surface area contributed by atoms with Gasteiger partial charge in [0, 0.05) is 12.1 Å². The number of fused-ring (bicyclic) bond motifs is 1. The van der Waals surface area contributed by atoms with E-state index in [4.69, 9.17) is 0 Å². The van der Waals surface area contributed by atoms with Gasteiger partial charge in [-0.2, -0.15) is 0 Å². The van der Waals surface area contributed by atoms with Gasteiger partial charge in [0.2, 0.25) is 10.0 Å². The van der Waals surface area contributed by atoms with Crippen LogP contribution < -0.4 is 9.62 Å². The minimum Gasteiger partial charge on any atom is -0.314 e. The van der Waals surface area contributed by atoms with Gasteiger partial charge in [-0.25, -0.2) is 8.42 Å². The quantitative estimate of drug-likeness (QED) is 0.906. The van der Waals surface area contributed by atoms with Crippen molar-refractivity contribution in [2.75, 3.05) is 17.1 Å². The van der Waals surface area contributed by atoms with Crippen molar-refractivity contribution >= 4 is 15.7 Å². The molecular formula is C17H26N2O2S. The van der Waals surface area contributed by atoms with Crippen molar-refractivity contribution in [1.82, 2.24) is 5.32 Å². The molecule has 2 aliphatic rings. The SMILES string of the molecule is CC1Cc2cc(CCNC3CCCC3)ccc2N1S(C)(=O)=O. The molecule has 0 aromatic heterocycles. The Labute approximate surface area is 134 Å². The van der Waals surface area contributed by atoms with E-state index in [9.17, 15) is 8.42 Å². The molecule has 1 atom stereocenters. The molecule has 1 aromatic rings. The summed E-state index contributed by atoms with van der Waals surface area (Å²) in [6.07, 6.45) is 8.45. The first-order chi connectivity index (χ1) is 10.4. The van der Waals surface area contributed by atoms with Gasteiger partial charge in [-0.15, -0.1) is 0 Å². The van der Waals surface area contributed by atoms with Crippen LogP contribution in [-0.4, -0.2) is 33.3 Å². The molecule has 3 rings (SSSR count). The van der Waals surface area contributed by atoms with Crippen LogP contribution in [0.3, 0.4) is 0 Å². The van der Waals surface area contributed by atoms with E-state index in [0.29, 0.717) is 6.04 Å². The van der Waals surface area contributed by atoms with Crippen molar-refractivity contribution in [2.45, 2.75) is 57.5 Å². The topological polar surface area (TPSA) is 49.4 Å². The molecule has 0 spiro atoms. The van der Waals surface area contributed by atoms with Gasteiger partial charge in [0.15, 0.2) is 0 Å². The molecule has 1 aromatic carbocycles. The van der Waals surface area contributed by atoms with Crippen LogP contribution in [0.5, 0.6) is 0 Å². The van der Waals surface area contributed by atoms with E-state index in [1.165, 1.54) is 37.5 Å². The second-order valence-electron chi connectivity index (χ2n) is 6.76. The van der Waals surface area contributed by atoms with Gasteiger partial charge in [0.1, 0.15) is 0 Å². The number of anilines is 1. The second-order valence-corrected chi connectivity index (χ2v) is 8.62. The lowest BCUT2D eigenvalue weighted by Gasteiger charge is -2.22. The highest BCUT2D eigenvalue weighted by Crippen LogP contribution is 2.34. The van der Waals surface area contributed by atoms with Crippen LogP contribution >= 0.6 is 0 Å². The smallest absolute Gasteiger partial charge is 0.232 e. The third kappa shape index (κ3) is 3.30. The summed E-state index contributed by atoms with van der Waals surface area (Å²) in [5.41, 5.74) is 3.32. The highest BCUT2D eigenvalue weighted by molar-refractivity contribution is 7.92. The van der Waals surface area contributed by atoms with Crippen LogP contribution in [-0.2, 0) is 22.9 Å². The van der Waals surface area contributed by atoms with E-state index < -0.39 is 10.0 Å². The number of hydrogen-bond acceptors (Lipinski definition) is 3. The average Bonchev–Trinajstić information content (AvgIpc) is 3.03.